The van der Waals surface area contributed by atoms with Crippen LogP contribution in [0.3, 0.4) is 0 Å². The molecule has 0 aliphatic heterocycles. The van der Waals surface area contributed by atoms with Crippen molar-refractivity contribution in [2.75, 3.05) is 6.54 Å². The first-order chi connectivity index (χ1) is 15.8. The van der Waals surface area contributed by atoms with Crippen LogP contribution < -0.4 is 5.73 Å². The highest BCUT2D eigenvalue weighted by Crippen LogP contribution is 2.17. The van der Waals surface area contributed by atoms with Gasteiger partial charge in [-0.3, -0.25) is 10.1 Å². The van der Waals surface area contributed by atoms with Crippen LogP contribution in [-0.2, 0) is 27.5 Å². The fraction of sp³-hybridized carbons (Fsp3) is 0.318. The first-order valence-electron chi connectivity index (χ1n) is 10.2. The van der Waals surface area contributed by atoms with Crippen molar-refractivity contribution < 1.29 is 33.9 Å². The monoisotopic (exact) mass is 459 g/mol. The zero-order valence-corrected chi connectivity index (χ0v) is 17.8. The number of nitro benzene ring substituents is 1. The zero-order chi connectivity index (χ0) is 24.2. The van der Waals surface area contributed by atoms with Gasteiger partial charge < -0.3 is 20.3 Å². The van der Waals surface area contributed by atoms with Crippen LogP contribution in [0.5, 0.6) is 0 Å². The van der Waals surface area contributed by atoms with Gasteiger partial charge >= 0.3 is 18.2 Å². The van der Waals surface area contributed by atoms with Crippen LogP contribution in [0.2, 0.25) is 0 Å². The van der Waals surface area contributed by atoms with Crippen LogP contribution in [0.25, 0.3) is 0 Å². The highest BCUT2D eigenvalue weighted by atomic mass is 16.6. The van der Waals surface area contributed by atoms with E-state index in [4.69, 9.17) is 15.2 Å². The number of rotatable bonds is 11. The van der Waals surface area contributed by atoms with Crippen molar-refractivity contribution >= 4 is 23.8 Å². The number of carbonyl (C=O) groups excluding carboxylic acids is 2. The minimum absolute atomic E-state index is 0.0282. The molecule has 0 radical (unpaired) electrons. The molecule has 11 heteroatoms. The summed E-state index contributed by atoms with van der Waals surface area (Å²) in [5.74, 6) is -1.39. The molecule has 2 aromatic rings. The molecule has 33 heavy (non-hydrogen) atoms. The number of ether oxygens (including phenoxy) is 2. The standard InChI is InChI=1S/C22H25N3O8/c23-13-5-4-8-19(20(26)27)24(21(28)32-14-16-6-2-1-3-7-16)22(29)33-15-17-9-11-18(12-10-17)25(30)31/h1-3,6-7,9-12,19H,4-5,8,13-15,23H2,(H,26,27)/t19-/m0/s1. The lowest BCUT2D eigenvalue weighted by atomic mass is 10.1. The van der Waals surface area contributed by atoms with E-state index in [0.717, 1.165) is 0 Å². The SMILES string of the molecule is NCCCC[C@@H](C(=O)O)N(C(=O)OCc1ccccc1)C(=O)OCc1ccc([N+](=O)[O-])cc1. The zero-order valence-electron chi connectivity index (χ0n) is 17.8. The normalized spacial score (nSPS) is 11.3. The largest absolute Gasteiger partial charge is 0.480 e. The van der Waals surface area contributed by atoms with Gasteiger partial charge in [-0.25, -0.2) is 14.4 Å². The summed E-state index contributed by atoms with van der Waals surface area (Å²) in [6.07, 6.45) is -1.51. The third kappa shape index (κ3) is 7.89. The maximum atomic E-state index is 12.7. The van der Waals surface area contributed by atoms with E-state index in [2.05, 4.69) is 0 Å². The maximum Gasteiger partial charge on any atom is 0.420 e. The molecule has 0 heterocycles. The van der Waals surface area contributed by atoms with Gasteiger partial charge in [0.1, 0.15) is 19.3 Å². The summed E-state index contributed by atoms with van der Waals surface area (Å²) >= 11 is 0. The van der Waals surface area contributed by atoms with E-state index >= 15 is 0 Å². The van der Waals surface area contributed by atoms with E-state index in [-0.39, 0.29) is 25.3 Å². The first kappa shape index (κ1) is 25.3. The molecule has 2 amide bonds. The van der Waals surface area contributed by atoms with Crippen molar-refractivity contribution in [3.05, 3.63) is 75.8 Å². The van der Waals surface area contributed by atoms with Gasteiger partial charge in [-0.2, -0.15) is 4.90 Å². The summed E-state index contributed by atoms with van der Waals surface area (Å²) in [5.41, 5.74) is 6.39. The fourth-order valence-corrected chi connectivity index (χ4v) is 2.89. The van der Waals surface area contributed by atoms with Gasteiger partial charge in [0.2, 0.25) is 0 Å². The third-order valence-electron chi connectivity index (χ3n) is 4.64. The van der Waals surface area contributed by atoms with E-state index in [9.17, 15) is 29.6 Å². The lowest BCUT2D eigenvalue weighted by Gasteiger charge is -2.26. The molecule has 0 aromatic heterocycles. The van der Waals surface area contributed by atoms with Crippen LogP contribution in [0, 0.1) is 10.1 Å². The Hall–Kier alpha value is -3.99. The first-order valence-corrected chi connectivity index (χ1v) is 10.2. The number of carboxylic acid groups (broad SMARTS) is 1. The smallest absolute Gasteiger partial charge is 0.420 e. The Labute approximate surface area is 189 Å². The molecule has 0 fully saturated rings. The molecule has 176 valence electrons. The van der Waals surface area contributed by atoms with Gasteiger partial charge in [0.05, 0.1) is 4.92 Å². The Bertz CT molecular complexity index is 950. The average Bonchev–Trinajstić information content (AvgIpc) is 2.81. The molecule has 11 nitrogen and oxygen atoms in total. The van der Waals surface area contributed by atoms with E-state index in [1.54, 1.807) is 30.3 Å². The Morgan fingerprint density at radius 2 is 1.48 bits per heavy atom. The van der Waals surface area contributed by atoms with Gasteiger partial charge in [0.25, 0.3) is 5.69 Å². The number of imide groups is 1. The minimum Gasteiger partial charge on any atom is -0.480 e. The number of non-ortho nitro benzene ring substituents is 1. The van der Waals surface area contributed by atoms with Gasteiger partial charge in [0.15, 0.2) is 0 Å². The average molecular weight is 459 g/mol. The second-order valence-corrected chi connectivity index (χ2v) is 7.03. The van der Waals surface area contributed by atoms with Gasteiger partial charge in [-0.15, -0.1) is 0 Å². The highest BCUT2D eigenvalue weighted by Gasteiger charge is 2.37. The molecule has 1 atom stereocenters. The molecule has 0 bridgehead atoms. The van der Waals surface area contributed by atoms with Crippen LogP contribution in [0.4, 0.5) is 15.3 Å². The van der Waals surface area contributed by atoms with E-state index in [1.807, 2.05) is 0 Å². The molecule has 0 unspecified atom stereocenters. The Morgan fingerprint density at radius 1 is 0.939 bits per heavy atom. The maximum absolute atomic E-state index is 12.7. The topological polar surface area (TPSA) is 162 Å². The second-order valence-electron chi connectivity index (χ2n) is 7.03. The Morgan fingerprint density at radius 3 is 1.97 bits per heavy atom. The number of carboxylic acids is 1. The van der Waals surface area contributed by atoms with Crippen molar-refractivity contribution in [2.24, 2.45) is 5.73 Å². The molecule has 0 saturated carbocycles. The number of unbranched alkanes of at least 4 members (excludes halogenated alkanes) is 1. The quantitative estimate of drug-likeness (QED) is 0.291. The van der Waals surface area contributed by atoms with Crippen molar-refractivity contribution in [1.82, 2.24) is 4.90 Å². The minimum atomic E-state index is -1.51. The number of aliphatic carboxylic acids is 1. The predicted octanol–water partition coefficient (Wildman–Crippen LogP) is 3.45. The molecule has 0 spiro atoms. The van der Waals surface area contributed by atoms with Crippen molar-refractivity contribution in [3.8, 4) is 0 Å². The molecule has 2 rings (SSSR count). The van der Waals surface area contributed by atoms with Crippen LogP contribution in [-0.4, -0.2) is 45.7 Å². The van der Waals surface area contributed by atoms with E-state index < -0.39 is 29.1 Å². The molecule has 0 saturated heterocycles. The number of hydrogen-bond acceptors (Lipinski definition) is 8. The van der Waals surface area contributed by atoms with Gasteiger partial charge in [-0.1, -0.05) is 30.3 Å². The fourth-order valence-electron chi connectivity index (χ4n) is 2.89. The number of nitrogens with two attached hydrogens (primary N) is 1. The highest BCUT2D eigenvalue weighted by molar-refractivity contribution is 5.93. The number of nitrogens with zero attached hydrogens (tertiary/aromatic N) is 2. The third-order valence-corrected chi connectivity index (χ3v) is 4.64. The van der Waals surface area contributed by atoms with Gasteiger partial charge in [-0.05, 0) is 49.1 Å². The number of benzene rings is 2. The Balaban J connectivity index is 2.14. The molecular weight excluding hydrogens is 434 g/mol. The van der Waals surface area contributed by atoms with E-state index in [1.165, 1.54) is 24.3 Å². The summed E-state index contributed by atoms with van der Waals surface area (Å²) < 4.78 is 10.3. The molecule has 2 aromatic carbocycles. The lowest BCUT2D eigenvalue weighted by Crippen LogP contribution is -2.49. The summed E-state index contributed by atoms with van der Waals surface area (Å²) in [7, 11) is 0. The number of nitro groups is 1. The summed E-state index contributed by atoms with van der Waals surface area (Å²) in [5, 5.41) is 20.4. The van der Waals surface area contributed by atoms with Gasteiger partial charge in [0, 0.05) is 12.1 Å². The molecule has 0 aliphatic carbocycles. The van der Waals surface area contributed by atoms with E-state index in [0.29, 0.717) is 35.4 Å². The predicted molar refractivity (Wildman–Crippen MR) is 116 cm³/mol. The lowest BCUT2D eigenvalue weighted by molar-refractivity contribution is -0.384. The number of amides is 2. The van der Waals surface area contributed by atoms with Crippen molar-refractivity contribution in [1.29, 1.82) is 0 Å². The van der Waals surface area contributed by atoms with Crippen molar-refractivity contribution in [2.45, 2.75) is 38.5 Å². The number of carbonyl (C=O) groups is 3. The summed E-state index contributed by atoms with van der Waals surface area (Å²) in [6, 6.07) is 12.4. The summed E-state index contributed by atoms with van der Waals surface area (Å²) in [4.78, 5) is 47.9. The second kappa shape index (κ2) is 12.8. The molecule has 3 N–H and O–H groups in total. The number of hydrogen-bond donors (Lipinski definition) is 2. The van der Waals surface area contributed by atoms with Crippen LogP contribution in [0.15, 0.2) is 54.6 Å². The Kier molecular flexibility index (Phi) is 9.78. The summed E-state index contributed by atoms with van der Waals surface area (Å²) in [6.45, 7) is -0.162. The molecule has 0 aliphatic rings. The molecular formula is C22H25N3O8. The van der Waals surface area contributed by atoms with Crippen molar-refractivity contribution in [3.63, 3.8) is 0 Å². The van der Waals surface area contributed by atoms with Crippen LogP contribution >= 0.6 is 0 Å². The van der Waals surface area contributed by atoms with Crippen LogP contribution in [0.1, 0.15) is 30.4 Å².